The summed E-state index contributed by atoms with van der Waals surface area (Å²) in [6, 6.07) is 1.02. The molecule has 0 saturated carbocycles. The van der Waals surface area contributed by atoms with Gasteiger partial charge in [0.15, 0.2) is 0 Å². The molecule has 0 radical (unpaired) electrons. The van der Waals surface area contributed by atoms with E-state index in [1.54, 1.807) is 4.31 Å². The molecule has 1 unspecified atom stereocenters. The molecule has 0 aromatic carbocycles. The van der Waals surface area contributed by atoms with E-state index in [0.29, 0.717) is 37.5 Å². The van der Waals surface area contributed by atoms with Crippen molar-refractivity contribution in [1.29, 1.82) is 0 Å². The quantitative estimate of drug-likeness (QED) is 0.782. The van der Waals surface area contributed by atoms with Gasteiger partial charge < -0.3 is 5.32 Å². The average molecular weight is 290 g/mol. The number of hydrogen-bond acceptors (Lipinski definition) is 3. The maximum absolute atomic E-state index is 12.0. The fourth-order valence-electron chi connectivity index (χ4n) is 2.77. The predicted octanol–water partition coefficient (Wildman–Crippen LogP) is 2.21. The summed E-state index contributed by atoms with van der Waals surface area (Å²) >= 11 is 0. The lowest BCUT2D eigenvalue weighted by Crippen LogP contribution is -2.49. The van der Waals surface area contributed by atoms with Gasteiger partial charge in [-0.1, -0.05) is 27.7 Å². The highest BCUT2D eigenvalue weighted by atomic mass is 32.2. The highest BCUT2D eigenvalue weighted by Gasteiger charge is 2.28. The molecule has 1 N–H and O–H groups in total. The Morgan fingerprint density at radius 1 is 1.21 bits per heavy atom. The van der Waals surface area contributed by atoms with Crippen molar-refractivity contribution >= 4 is 10.0 Å². The highest BCUT2D eigenvalue weighted by Crippen LogP contribution is 2.17. The summed E-state index contributed by atoms with van der Waals surface area (Å²) in [5.74, 6) is 0.918. The number of hydrogen-bond donors (Lipinski definition) is 1. The second-order valence-electron chi connectivity index (χ2n) is 5.91. The molecule has 1 saturated heterocycles. The molecule has 1 rings (SSSR count). The Balaban J connectivity index is 2.45. The molecular weight excluding hydrogens is 260 g/mol. The minimum Gasteiger partial charge on any atom is -0.311 e. The lowest BCUT2D eigenvalue weighted by molar-refractivity contribution is 0.251. The van der Waals surface area contributed by atoms with Crippen molar-refractivity contribution in [2.75, 3.05) is 18.8 Å². The Labute approximate surface area is 119 Å². The van der Waals surface area contributed by atoms with E-state index in [0.717, 1.165) is 19.3 Å². The van der Waals surface area contributed by atoms with Gasteiger partial charge in [-0.25, -0.2) is 12.7 Å². The second-order valence-corrected chi connectivity index (χ2v) is 8.00. The van der Waals surface area contributed by atoms with Crippen molar-refractivity contribution in [2.45, 2.75) is 65.5 Å². The number of nitrogens with zero attached hydrogens (tertiary/aromatic N) is 1. The van der Waals surface area contributed by atoms with Gasteiger partial charge in [-0.15, -0.1) is 0 Å². The van der Waals surface area contributed by atoms with Gasteiger partial charge in [-0.3, -0.25) is 0 Å². The number of sulfonamides is 1. The molecule has 5 heteroatoms. The topological polar surface area (TPSA) is 49.4 Å². The molecule has 0 spiro atoms. The van der Waals surface area contributed by atoms with Crippen LogP contribution in [0.2, 0.25) is 0 Å². The summed E-state index contributed by atoms with van der Waals surface area (Å²) in [5.41, 5.74) is 0. The molecule has 0 bridgehead atoms. The van der Waals surface area contributed by atoms with E-state index in [9.17, 15) is 8.42 Å². The molecule has 114 valence electrons. The molecule has 1 fully saturated rings. The zero-order valence-electron chi connectivity index (χ0n) is 12.9. The first-order chi connectivity index (χ1) is 8.90. The summed E-state index contributed by atoms with van der Waals surface area (Å²) in [5, 5.41) is 3.69. The second kappa shape index (κ2) is 7.60. The van der Waals surface area contributed by atoms with E-state index in [-0.39, 0.29) is 5.75 Å². The van der Waals surface area contributed by atoms with Crippen LogP contribution < -0.4 is 5.32 Å². The van der Waals surface area contributed by atoms with Crippen molar-refractivity contribution in [3.05, 3.63) is 0 Å². The van der Waals surface area contributed by atoms with E-state index in [1.807, 2.05) is 6.92 Å². The van der Waals surface area contributed by atoms with Crippen molar-refractivity contribution in [1.82, 2.24) is 9.62 Å². The van der Waals surface area contributed by atoms with Gasteiger partial charge in [-0.05, 0) is 31.6 Å². The average Bonchev–Trinajstić information content (AvgIpc) is 2.36. The van der Waals surface area contributed by atoms with Crippen LogP contribution in [-0.4, -0.2) is 43.6 Å². The number of nitrogens with one attached hydrogen (secondary N) is 1. The van der Waals surface area contributed by atoms with Crippen LogP contribution in [0, 0.1) is 5.92 Å². The highest BCUT2D eigenvalue weighted by molar-refractivity contribution is 7.89. The summed E-state index contributed by atoms with van der Waals surface area (Å²) in [6.45, 7) is 9.95. The molecule has 4 nitrogen and oxygen atoms in total. The fourth-order valence-corrected chi connectivity index (χ4v) is 4.31. The van der Waals surface area contributed by atoms with Crippen LogP contribution >= 0.6 is 0 Å². The van der Waals surface area contributed by atoms with E-state index in [4.69, 9.17) is 0 Å². The van der Waals surface area contributed by atoms with Crippen molar-refractivity contribution in [3.8, 4) is 0 Å². The van der Waals surface area contributed by atoms with Crippen molar-refractivity contribution in [3.63, 3.8) is 0 Å². The van der Waals surface area contributed by atoms with Crippen LogP contribution in [0.3, 0.4) is 0 Å². The summed E-state index contributed by atoms with van der Waals surface area (Å²) in [6.07, 6.45) is 3.70. The Kier molecular flexibility index (Phi) is 6.77. The van der Waals surface area contributed by atoms with Gasteiger partial charge in [0.1, 0.15) is 0 Å². The molecule has 19 heavy (non-hydrogen) atoms. The Bertz CT molecular complexity index is 346. The maximum Gasteiger partial charge on any atom is 0.214 e. The Morgan fingerprint density at radius 3 is 2.21 bits per heavy atom. The van der Waals surface area contributed by atoms with Gasteiger partial charge in [0.05, 0.1) is 5.75 Å². The Morgan fingerprint density at radius 2 is 1.79 bits per heavy atom. The van der Waals surface area contributed by atoms with E-state index in [1.165, 1.54) is 0 Å². The summed E-state index contributed by atoms with van der Waals surface area (Å²) < 4.78 is 25.6. The number of piperidine rings is 1. The molecule has 1 heterocycles. The van der Waals surface area contributed by atoms with Gasteiger partial charge in [0, 0.05) is 25.2 Å². The fraction of sp³-hybridized carbons (Fsp3) is 1.00. The van der Waals surface area contributed by atoms with Gasteiger partial charge >= 0.3 is 0 Å². The van der Waals surface area contributed by atoms with Crippen LogP contribution in [0.1, 0.15) is 53.4 Å². The minimum atomic E-state index is -3.00. The van der Waals surface area contributed by atoms with Crippen LogP contribution in [0.25, 0.3) is 0 Å². The van der Waals surface area contributed by atoms with Gasteiger partial charge in [-0.2, -0.15) is 0 Å². The predicted molar refractivity (Wildman–Crippen MR) is 80.7 cm³/mol. The first kappa shape index (κ1) is 16.9. The molecule has 0 aromatic heterocycles. The van der Waals surface area contributed by atoms with E-state index >= 15 is 0 Å². The summed E-state index contributed by atoms with van der Waals surface area (Å²) in [4.78, 5) is 0. The zero-order valence-corrected chi connectivity index (χ0v) is 13.7. The third-order valence-corrected chi connectivity index (χ3v) is 6.08. The molecule has 1 aliphatic heterocycles. The van der Waals surface area contributed by atoms with Crippen LogP contribution in [-0.2, 0) is 10.0 Å². The lowest BCUT2D eigenvalue weighted by Gasteiger charge is -2.34. The van der Waals surface area contributed by atoms with E-state index < -0.39 is 10.0 Å². The molecule has 1 aliphatic rings. The standard InChI is InChI=1S/C14H30N2O2S/c1-5-11-19(17,18)16-9-7-13(8-10-16)15-14(6-2)12(3)4/h12-15H,5-11H2,1-4H3. The minimum absolute atomic E-state index is 0.286. The molecule has 0 aromatic rings. The third-order valence-electron chi connectivity index (χ3n) is 4.00. The summed E-state index contributed by atoms with van der Waals surface area (Å²) in [7, 11) is -3.00. The SMILES string of the molecule is CCCS(=O)(=O)N1CCC(NC(CC)C(C)C)CC1. The number of rotatable bonds is 7. The van der Waals surface area contributed by atoms with Crippen molar-refractivity contribution in [2.24, 2.45) is 5.92 Å². The third kappa shape index (κ3) is 5.04. The smallest absolute Gasteiger partial charge is 0.214 e. The first-order valence-corrected chi connectivity index (χ1v) is 9.25. The Hall–Kier alpha value is -0.130. The van der Waals surface area contributed by atoms with Crippen LogP contribution in [0.5, 0.6) is 0 Å². The lowest BCUT2D eigenvalue weighted by atomic mass is 9.98. The molecule has 1 atom stereocenters. The van der Waals surface area contributed by atoms with Gasteiger partial charge in [0.25, 0.3) is 0 Å². The first-order valence-electron chi connectivity index (χ1n) is 7.64. The largest absolute Gasteiger partial charge is 0.311 e. The maximum atomic E-state index is 12.0. The normalized spacial score (nSPS) is 20.9. The van der Waals surface area contributed by atoms with Gasteiger partial charge in [0.2, 0.25) is 10.0 Å². The monoisotopic (exact) mass is 290 g/mol. The van der Waals surface area contributed by atoms with Crippen molar-refractivity contribution < 1.29 is 8.42 Å². The molecule has 0 aliphatic carbocycles. The van der Waals surface area contributed by atoms with Crippen LogP contribution in [0.4, 0.5) is 0 Å². The molecule has 0 amide bonds. The zero-order chi connectivity index (χ0) is 14.5. The molecular formula is C14H30N2O2S. The van der Waals surface area contributed by atoms with E-state index in [2.05, 4.69) is 26.1 Å². The van der Waals surface area contributed by atoms with Crippen LogP contribution in [0.15, 0.2) is 0 Å².